The van der Waals surface area contributed by atoms with E-state index < -0.39 is 0 Å². The number of hydrogen-bond acceptors (Lipinski definition) is 3. The molecule has 106 valence electrons. The van der Waals surface area contributed by atoms with Crippen molar-refractivity contribution in [3.05, 3.63) is 23.8 Å². The van der Waals surface area contributed by atoms with Crippen LogP contribution in [-0.4, -0.2) is 39.3 Å². The van der Waals surface area contributed by atoms with Crippen molar-refractivity contribution in [2.75, 3.05) is 43.0 Å². The van der Waals surface area contributed by atoms with Crippen LogP contribution in [0.15, 0.2) is 18.2 Å². The quantitative estimate of drug-likeness (QED) is 0.734. The van der Waals surface area contributed by atoms with E-state index >= 15 is 0 Å². The molecule has 0 bridgehead atoms. The average molecular weight is 391 g/mol. The van der Waals surface area contributed by atoms with E-state index in [-0.39, 0.29) is 34.0 Å². The highest BCUT2D eigenvalue weighted by Crippen LogP contribution is 2.49. The van der Waals surface area contributed by atoms with E-state index in [0.717, 1.165) is 19.1 Å². The van der Waals surface area contributed by atoms with Crippen LogP contribution in [0.1, 0.15) is 17.9 Å². The zero-order valence-electron chi connectivity index (χ0n) is 11.1. The number of benzene rings is 1. The molecule has 3 nitrogen and oxygen atoms in total. The van der Waals surface area contributed by atoms with Gasteiger partial charge in [-0.15, -0.1) is 34.0 Å². The van der Waals surface area contributed by atoms with Gasteiger partial charge in [0.15, 0.2) is 0 Å². The highest BCUT2D eigenvalue weighted by Gasteiger charge is 2.42. The standard InChI is InChI=1S/C14H19N3.2BrH/c1-16-7-8-17-12-5-6-15-9-11(12)10-3-2-4-13(16)14(10)17;;/h2-4,11-12,15H,5-9H2,1H3;2*1H/t11-,12-;;/m0../s1. The van der Waals surface area contributed by atoms with Crippen molar-refractivity contribution in [2.24, 2.45) is 0 Å². The van der Waals surface area contributed by atoms with Gasteiger partial charge in [-0.2, -0.15) is 0 Å². The van der Waals surface area contributed by atoms with Gasteiger partial charge in [0.25, 0.3) is 0 Å². The van der Waals surface area contributed by atoms with Gasteiger partial charge in [0.1, 0.15) is 0 Å². The molecule has 0 unspecified atom stereocenters. The predicted octanol–water partition coefficient (Wildman–Crippen LogP) is 2.56. The van der Waals surface area contributed by atoms with Crippen LogP contribution in [0, 0.1) is 0 Å². The second-order valence-electron chi connectivity index (χ2n) is 5.50. The SMILES string of the molecule is Br.Br.CN1CCN2c3c(cccc31)[C@@H]1CNCC[C@@H]12. The van der Waals surface area contributed by atoms with Crippen molar-refractivity contribution in [1.29, 1.82) is 0 Å². The normalized spacial score (nSPS) is 27.0. The van der Waals surface area contributed by atoms with Crippen LogP contribution in [-0.2, 0) is 0 Å². The summed E-state index contributed by atoms with van der Waals surface area (Å²) in [6, 6.07) is 7.59. The molecule has 2 atom stereocenters. The van der Waals surface area contributed by atoms with Crippen molar-refractivity contribution in [1.82, 2.24) is 5.32 Å². The van der Waals surface area contributed by atoms with E-state index in [0.29, 0.717) is 5.92 Å². The Morgan fingerprint density at radius 2 is 2.05 bits per heavy atom. The Labute approximate surface area is 135 Å². The molecule has 1 aromatic carbocycles. The molecule has 1 N–H and O–H groups in total. The van der Waals surface area contributed by atoms with Gasteiger partial charge in [-0.05, 0) is 24.6 Å². The molecule has 3 aliphatic heterocycles. The van der Waals surface area contributed by atoms with E-state index in [2.05, 4.69) is 40.4 Å². The number of nitrogens with zero attached hydrogens (tertiary/aromatic N) is 2. The maximum Gasteiger partial charge on any atom is 0.0644 e. The lowest BCUT2D eigenvalue weighted by Crippen LogP contribution is -2.48. The first-order valence-electron chi connectivity index (χ1n) is 6.67. The summed E-state index contributed by atoms with van der Waals surface area (Å²) in [6.45, 7) is 4.69. The summed E-state index contributed by atoms with van der Waals surface area (Å²) in [5.41, 5.74) is 4.54. The Hall–Kier alpha value is -0.260. The molecule has 5 heteroatoms. The van der Waals surface area contributed by atoms with Crippen molar-refractivity contribution in [3.8, 4) is 0 Å². The smallest absolute Gasteiger partial charge is 0.0644 e. The monoisotopic (exact) mass is 389 g/mol. The lowest BCUT2D eigenvalue weighted by molar-refractivity contribution is 0.402. The number of anilines is 2. The van der Waals surface area contributed by atoms with Crippen LogP contribution >= 0.6 is 34.0 Å². The molecule has 0 spiro atoms. The molecule has 3 heterocycles. The van der Waals surface area contributed by atoms with E-state index in [1.54, 1.807) is 5.56 Å². The van der Waals surface area contributed by atoms with Crippen molar-refractivity contribution in [3.63, 3.8) is 0 Å². The third-order valence-electron chi connectivity index (χ3n) is 4.67. The lowest BCUT2D eigenvalue weighted by Gasteiger charge is -2.39. The molecule has 19 heavy (non-hydrogen) atoms. The Morgan fingerprint density at radius 1 is 1.21 bits per heavy atom. The highest BCUT2D eigenvalue weighted by molar-refractivity contribution is 8.93. The molecule has 0 amide bonds. The molecule has 1 fully saturated rings. The molecule has 3 aliphatic rings. The van der Waals surface area contributed by atoms with Crippen LogP contribution in [0.5, 0.6) is 0 Å². The summed E-state index contributed by atoms with van der Waals surface area (Å²) in [5, 5.41) is 3.55. The second kappa shape index (κ2) is 5.62. The molecule has 1 saturated heterocycles. The molecule has 0 aromatic heterocycles. The molecular formula is C14H21Br2N3. The summed E-state index contributed by atoms with van der Waals surface area (Å²) in [7, 11) is 2.22. The number of likely N-dealkylation sites (N-methyl/N-ethyl adjacent to an activating group) is 1. The van der Waals surface area contributed by atoms with Crippen molar-refractivity contribution >= 4 is 45.3 Å². The minimum absolute atomic E-state index is 0. The third kappa shape index (κ3) is 2.10. The van der Waals surface area contributed by atoms with E-state index in [1.807, 2.05) is 0 Å². The fourth-order valence-electron chi connectivity index (χ4n) is 3.83. The Kier molecular flexibility index (Phi) is 4.48. The predicted molar refractivity (Wildman–Crippen MR) is 91.7 cm³/mol. The first-order chi connectivity index (χ1) is 8.36. The Morgan fingerprint density at radius 3 is 2.89 bits per heavy atom. The topological polar surface area (TPSA) is 18.5 Å². The summed E-state index contributed by atoms with van der Waals surface area (Å²) >= 11 is 0. The number of nitrogens with one attached hydrogen (secondary N) is 1. The minimum atomic E-state index is 0. The maximum atomic E-state index is 3.55. The van der Waals surface area contributed by atoms with Crippen LogP contribution < -0.4 is 15.1 Å². The first-order valence-corrected chi connectivity index (χ1v) is 6.67. The van der Waals surface area contributed by atoms with E-state index in [1.165, 1.54) is 30.9 Å². The van der Waals surface area contributed by atoms with Gasteiger partial charge in [0.2, 0.25) is 0 Å². The summed E-state index contributed by atoms with van der Waals surface area (Å²) in [6.07, 6.45) is 1.29. The number of para-hydroxylation sites is 1. The number of piperidine rings is 1. The van der Waals surface area contributed by atoms with E-state index in [9.17, 15) is 0 Å². The van der Waals surface area contributed by atoms with Gasteiger partial charge in [-0.25, -0.2) is 0 Å². The van der Waals surface area contributed by atoms with Crippen LogP contribution in [0.25, 0.3) is 0 Å². The molecule has 1 aromatic rings. The fourth-order valence-corrected chi connectivity index (χ4v) is 3.83. The third-order valence-corrected chi connectivity index (χ3v) is 4.67. The zero-order valence-corrected chi connectivity index (χ0v) is 14.6. The van der Waals surface area contributed by atoms with Crippen molar-refractivity contribution < 1.29 is 0 Å². The number of rotatable bonds is 0. The Balaban J connectivity index is 0.000000667. The van der Waals surface area contributed by atoms with Crippen molar-refractivity contribution in [2.45, 2.75) is 18.4 Å². The van der Waals surface area contributed by atoms with Crippen LogP contribution in [0.4, 0.5) is 11.4 Å². The van der Waals surface area contributed by atoms with E-state index in [4.69, 9.17) is 0 Å². The van der Waals surface area contributed by atoms with Gasteiger partial charge < -0.3 is 15.1 Å². The summed E-state index contributed by atoms with van der Waals surface area (Å²) < 4.78 is 0. The molecule has 0 radical (unpaired) electrons. The second-order valence-corrected chi connectivity index (χ2v) is 5.50. The number of fused-ring (bicyclic) bond motifs is 3. The zero-order chi connectivity index (χ0) is 11.4. The lowest BCUT2D eigenvalue weighted by atomic mass is 9.90. The van der Waals surface area contributed by atoms with Gasteiger partial charge in [-0.1, -0.05) is 12.1 Å². The number of hydrogen-bond donors (Lipinski definition) is 1. The average Bonchev–Trinajstić information content (AvgIpc) is 2.70. The largest absolute Gasteiger partial charge is 0.371 e. The van der Waals surface area contributed by atoms with Gasteiger partial charge in [0, 0.05) is 38.6 Å². The minimum Gasteiger partial charge on any atom is -0.371 e. The molecule has 0 aliphatic carbocycles. The van der Waals surface area contributed by atoms with Gasteiger partial charge in [0.05, 0.1) is 11.4 Å². The molecule has 0 saturated carbocycles. The molecule has 4 rings (SSSR count). The number of halogens is 2. The highest BCUT2D eigenvalue weighted by atomic mass is 79.9. The van der Waals surface area contributed by atoms with Crippen LogP contribution in [0.3, 0.4) is 0 Å². The Bertz CT molecular complexity index is 466. The molecular weight excluding hydrogens is 370 g/mol. The maximum absolute atomic E-state index is 3.55. The first kappa shape index (κ1) is 15.1. The summed E-state index contributed by atoms with van der Waals surface area (Å²) in [5.74, 6) is 0.713. The summed E-state index contributed by atoms with van der Waals surface area (Å²) in [4.78, 5) is 5.08. The van der Waals surface area contributed by atoms with Gasteiger partial charge >= 0.3 is 0 Å². The van der Waals surface area contributed by atoms with Crippen LogP contribution in [0.2, 0.25) is 0 Å². The van der Waals surface area contributed by atoms with Gasteiger partial charge in [-0.3, -0.25) is 0 Å². The fraction of sp³-hybridized carbons (Fsp3) is 0.571.